The second kappa shape index (κ2) is 9.88. The van der Waals surface area contributed by atoms with Crippen LogP contribution >= 0.6 is 11.8 Å². The van der Waals surface area contributed by atoms with E-state index in [0.717, 1.165) is 21.7 Å². The van der Waals surface area contributed by atoms with E-state index in [2.05, 4.69) is 46.6 Å². The second-order valence-electron chi connectivity index (χ2n) is 6.23. The Balaban J connectivity index is 1.70. The molecule has 0 aliphatic rings. The normalized spacial score (nSPS) is 10.6. The van der Waals surface area contributed by atoms with Gasteiger partial charge >= 0.3 is 0 Å². The number of carbonyl (C=O) groups is 1. The van der Waals surface area contributed by atoms with Crippen LogP contribution in [0.5, 0.6) is 0 Å². The first-order chi connectivity index (χ1) is 13.7. The van der Waals surface area contributed by atoms with Crippen LogP contribution in [0.15, 0.2) is 88.8 Å². The number of hydrogen-bond donors (Lipinski definition) is 2. The lowest BCUT2D eigenvalue weighted by molar-refractivity contribution is -0.115. The molecular weight excluding hydrogens is 366 g/mol. The summed E-state index contributed by atoms with van der Waals surface area (Å²) in [5.41, 5.74) is 3.71. The standard InChI is InChI=1S/C23H23N3OS/c1-24-20-15-19(13-14-21(20)28-2)26-22(27)16-25-23(17-9-5-3-6-10-17)18-11-7-4-8-12-18/h3-15,23,25H,1,16H2,2H3,(H,26,27). The Hall–Kier alpha value is -2.89. The predicted molar refractivity (Wildman–Crippen MR) is 119 cm³/mol. The molecule has 0 heterocycles. The van der Waals surface area contributed by atoms with Crippen molar-refractivity contribution in [2.75, 3.05) is 18.1 Å². The monoisotopic (exact) mass is 389 g/mol. The molecular formula is C23H23N3OS. The van der Waals surface area contributed by atoms with Crippen LogP contribution in [-0.2, 0) is 4.79 Å². The molecule has 0 fully saturated rings. The van der Waals surface area contributed by atoms with Crippen molar-refractivity contribution in [3.05, 3.63) is 90.0 Å². The maximum Gasteiger partial charge on any atom is 0.238 e. The van der Waals surface area contributed by atoms with E-state index in [9.17, 15) is 4.79 Å². The first-order valence-electron chi connectivity index (χ1n) is 8.99. The average molecular weight is 390 g/mol. The van der Waals surface area contributed by atoms with Crippen LogP contribution in [0.4, 0.5) is 11.4 Å². The molecule has 0 bridgehead atoms. The number of aliphatic imine (C=N–C) groups is 1. The SMILES string of the molecule is C=Nc1cc(NC(=O)CNC(c2ccccc2)c2ccccc2)ccc1SC. The van der Waals surface area contributed by atoms with E-state index in [4.69, 9.17) is 0 Å². The Bertz CT molecular complexity index is 890. The maximum absolute atomic E-state index is 12.5. The highest BCUT2D eigenvalue weighted by atomic mass is 32.2. The lowest BCUT2D eigenvalue weighted by Crippen LogP contribution is -2.31. The molecule has 0 atom stereocenters. The Labute approximate surface area is 170 Å². The minimum atomic E-state index is -0.108. The summed E-state index contributed by atoms with van der Waals surface area (Å²) in [4.78, 5) is 17.6. The number of thioether (sulfide) groups is 1. The number of hydrogen-bond acceptors (Lipinski definition) is 4. The van der Waals surface area contributed by atoms with Gasteiger partial charge in [0.05, 0.1) is 18.3 Å². The van der Waals surface area contributed by atoms with Gasteiger partial charge in [0.25, 0.3) is 0 Å². The molecule has 0 unspecified atom stereocenters. The van der Waals surface area contributed by atoms with E-state index in [0.29, 0.717) is 5.69 Å². The molecule has 0 saturated heterocycles. The number of rotatable bonds is 8. The van der Waals surface area contributed by atoms with Crippen LogP contribution in [-0.4, -0.2) is 25.4 Å². The van der Waals surface area contributed by atoms with Gasteiger partial charge in [0.15, 0.2) is 0 Å². The van der Waals surface area contributed by atoms with Gasteiger partial charge in [0, 0.05) is 10.6 Å². The third-order valence-electron chi connectivity index (χ3n) is 4.37. The highest BCUT2D eigenvalue weighted by Crippen LogP contribution is 2.30. The minimum Gasteiger partial charge on any atom is -0.325 e. The molecule has 3 rings (SSSR count). The topological polar surface area (TPSA) is 53.5 Å². The summed E-state index contributed by atoms with van der Waals surface area (Å²) < 4.78 is 0. The maximum atomic E-state index is 12.5. The lowest BCUT2D eigenvalue weighted by Gasteiger charge is -2.20. The van der Waals surface area contributed by atoms with Crippen molar-refractivity contribution in [2.24, 2.45) is 4.99 Å². The van der Waals surface area contributed by atoms with Gasteiger partial charge in [-0.1, -0.05) is 60.7 Å². The third-order valence-corrected chi connectivity index (χ3v) is 5.15. The van der Waals surface area contributed by atoms with Crippen LogP contribution in [0.3, 0.4) is 0 Å². The summed E-state index contributed by atoms with van der Waals surface area (Å²) >= 11 is 1.60. The van der Waals surface area contributed by atoms with E-state index in [-0.39, 0.29) is 18.5 Å². The van der Waals surface area contributed by atoms with E-state index in [1.807, 2.05) is 60.9 Å². The van der Waals surface area contributed by atoms with Gasteiger partial charge in [-0.25, -0.2) is 0 Å². The number of benzene rings is 3. The first kappa shape index (κ1) is 19.9. The molecule has 3 aromatic carbocycles. The molecule has 0 radical (unpaired) electrons. The summed E-state index contributed by atoms with van der Waals surface area (Å²) in [7, 11) is 0. The van der Waals surface area contributed by atoms with Gasteiger partial charge in [0.1, 0.15) is 0 Å². The van der Waals surface area contributed by atoms with E-state index in [1.165, 1.54) is 0 Å². The number of carbonyl (C=O) groups excluding carboxylic acids is 1. The molecule has 4 nitrogen and oxygen atoms in total. The fraction of sp³-hybridized carbons (Fsp3) is 0.130. The van der Waals surface area contributed by atoms with Gasteiger partial charge in [-0.2, -0.15) is 0 Å². The van der Waals surface area contributed by atoms with Crippen molar-refractivity contribution in [3.8, 4) is 0 Å². The molecule has 3 aromatic rings. The van der Waals surface area contributed by atoms with Gasteiger partial charge in [-0.05, 0) is 42.3 Å². The predicted octanol–water partition coefficient (Wildman–Crippen LogP) is 5.06. The molecule has 2 N–H and O–H groups in total. The largest absolute Gasteiger partial charge is 0.325 e. The molecule has 0 spiro atoms. The zero-order valence-electron chi connectivity index (χ0n) is 15.8. The van der Waals surface area contributed by atoms with E-state index >= 15 is 0 Å². The Kier molecular flexibility index (Phi) is 7.00. The van der Waals surface area contributed by atoms with E-state index < -0.39 is 0 Å². The lowest BCUT2D eigenvalue weighted by atomic mass is 9.99. The molecule has 5 heteroatoms. The van der Waals surface area contributed by atoms with Crippen LogP contribution in [0, 0.1) is 0 Å². The Morgan fingerprint density at radius 3 is 2.14 bits per heavy atom. The molecule has 28 heavy (non-hydrogen) atoms. The van der Waals surface area contributed by atoms with Crippen LogP contribution < -0.4 is 10.6 Å². The van der Waals surface area contributed by atoms with Crippen molar-refractivity contribution in [3.63, 3.8) is 0 Å². The highest BCUT2D eigenvalue weighted by molar-refractivity contribution is 7.98. The van der Waals surface area contributed by atoms with Crippen molar-refractivity contribution >= 4 is 35.8 Å². The smallest absolute Gasteiger partial charge is 0.238 e. The van der Waals surface area contributed by atoms with Crippen molar-refractivity contribution in [1.29, 1.82) is 0 Å². The quantitative estimate of drug-likeness (QED) is 0.418. The number of anilines is 1. The van der Waals surface area contributed by atoms with Gasteiger partial charge in [0.2, 0.25) is 5.91 Å². The molecule has 0 saturated carbocycles. The highest BCUT2D eigenvalue weighted by Gasteiger charge is 2.15. The first-order valence-corrected chi connectivity index (χ1v) is 10.2. The minimum absolute atomic E-state index is 0.0579. The fourth-order valence-electron chi connectivity index (χ4n) is 3.01. The van der Waals surface area contributed by atoms with E-state index in [1.54, 1.807) is 11.8 Å². The van der Waals surface area contributed by atoms with Crippen molar-refractivity contribution in [1.82, 2.24) is 5.32 Å². The summed E-state index contributed by atoms with van der Waals surface area (Å²) in [6.45, 7) is 3.79. The third kappa shape index (κ3) is 5.09. The van der Waals surface area contributed by atoms with Gasteiger partial charge in [-0.3, -0.25) is 15.1 Å². The molecule has 0 aromatic heterocycles. The summed E-state index contributed by atoms with van der Waals surface area (Å²) in [6, 6.07) is 25.8. The Morgan fingerprint density at radius 2 is 1.61 bits per heavy atom. The van der Waals surface area contributed by atoms with Gasteiger partial charge in [-0.15, -0.1) is 11.8 Å². The van der Waals surface area contributed by atoms with Crippen LogP contribution in [0.2, 0.25) is 0 Å². The van der Waals surface area contributed by atoms with Crippen LogP contribution in [0.25, 0.3) is 0 Å². The zero-order chi connectivity index (χ0) is 19.8. The fourth-order valence-corrected chi connectivity index (χ4v) is 3.55. The van der Waals surface area contributed by atoms with Crippen molar-refractivity contribution < 1.29 is 4.79 Å². The summed E-state index contributed by atoms with van der Waals surface area (Å²) in [5.74, 6) is -0.108. The number of amides is 1. The molecule has 0 aliphatic heterocycles. The summed E-state index contributed by atoms with van der Waals surface area (Å²) in [5, 5.41) is 6.30. The second-order valence-corrected chi connectivity index (χ2v) is 7.08. The summed E-state index contributed by atoms with van der Waals surface area (Å²) in [6.07, 6.45) is 1.99. The molecule has 0 aliphatic carbocycles. The van der Waals surface area contributed by atoms with Crippen molar-refractivity contribution in [2.45, 2.75) is 10.9 Å². The molecule has 142 valence electrons. The molecule has 1 amide bonds. The zero-order valence-corrected chi connectivity index (χ0v) is 16.6. The van der Waals surface area contributed by atoms with Gasteiger partial charge < -0.3 is 5.32 Å². The number of nitrogens with one attached hydrogen (secondary N) is 2. The Morgan fingerprint density at radius 1 is 1.00 bits per heavy atom. The number of nitrogens with zero attached hydrogens (tertiary/aromatic N) is 1. The average Bonchev–Trinajstić information content (AvgIpc) is 2.75. The van der Waals surface area contributed by atoms with Crippen LogP contribution in [0.1, 0.15) is 17.2 Å².